The molecule has 1 N–H and O–H groups in total. The van der Waals surface area contributed by atoms with Crippen LogP contribution >= 0.6 is 34.2 Å². The molecule has 0 atom stereocenters. The van der Waals surface area contributed by atoms with E-state index in [1.54, 1.807) is 18.2 Å². The summed E-state index contributed by atoms with van der Waals surface area (Å²) >= 11 is 8.61. The molecule has 0 bridgehead atoms. The quantitative estimate of drug-likeness (QED) is 0.207. The van der Waals surface area contributed by atoms with E-state index >= 15 is 0 Å². The zero-order valence-corrected chi connectivity index (χ0v) is 20.4. The van der Waals surface area contributed by atoms with E-state index in [1.165, 1.54) is 13.2 Å². The van der Waals surface area contributed by atoms with E-state index in [-0.39, 0.29) is 5.57 Å². The van der Waals surface area contributed by atoms with Crippen molar-refractivity contribution in [3.63, 3.8) is 0 Å². The standard InChI is InChI=1S/C25H20ClIN2O3/c1-16-6-3-4-7-18(16)15-32-24-22(26)11-17(12-23(24)31-2)10-19(14-28)25(30)29-21-9-5-8-20(27)13-21/h3-13H,15H2,1-2H3,(H,29,30)/b19-10+. The second kappa shape index (κ2) is 11.0. The van der Waals surface area contributed by atoms with Crippen LogP contribution in [0.25, 0.3) is 6.08 Å². The molecule has 0 aliphatic heterocycles. The summed E-state index contributed by atoms with van der Waals surface area (Å²) in [6, 6.07) is 20.5. The van der Waals surface area contributed by atoms with Gasteiger partial charge in [0, 0.05) is 9.26 Å². The molecule has 5 nitrogen and oxygen atoms in total. The van der Waals surface area contributed by atoms with Gasteiger partial charge in [-0.2, -0.15) is 5.26 Å². The minimum absolute atomic E-state index is 0.0597. The number of hydrogen-bond acceptors (Lipinski definition) is 4. The van der Waals surface area contributed by atoms with Gasteiger partial charge in [-0.25, -0.2) is 0 Å². The minimum Gasteiger partial charge on any atom is -0.493 e. The number of aryl methyl sites for hydroxylation is 1. The molecule has 0 fully saturated rings. The first-order valence-electron chi connectivity index (χ1n) is 9.65. The van der Waals surface area contributed by atoms with Crippen molar-refractivity contribution in [1.29, 1.82) is 5.26 Å². The first-order valence-corrected chi connectivity index (χ1v) is 11.1. The maximum absolute atomic E-state index is 12.6. The molecule has 7 heteroatoms. The topological polar surface area (TPSA) is 71.3 Å². The number of carbonyl (C=O) groups is 1. The van der Waals surface area contributed by atoms with Gasteiger partial charge in [0.2, 0.25) is 0 Å². The Balaban J connectivity index is 1.83. The maximum Gasteiger partial charge on any atom is 0.266 e. The third-order valence-electron chi connectivity index (χ3n) is 4.64. The molecule has 0 radical (unpaired) electrons. The molecule has 1 amide bonds. The molecule has 0 aromatic heterocycles. The van der Waals surface area contributed by atoms with Crippen molar-refractivity contribution in [3.8, 4) is 17.6 Å². The van der Waals surface area contributed by atoms with Crippen LogP contribution in [0.1, 0.15) is 16.7 Å². The van der Waals surface area contributed by atoms with E-state index in [9.17, 15) is 10.1 Å². The van der Waals surface area contributed by atoms with Crippen molar-refractivity contribution >= 4 is 51.9 Å². The van der Waals surface area contributed by atoms with Crippen LogP contribution in [0.5, 0.6) is 11.5 Å². The highest BCUT2D eigenvalue weighted by molar-refractivity contribution is 14.1. The molecule has 3 aromatic rings. The van der Waals surface area contributed by atoms with Crippen molar-refractivity contribution in [2.75, 3.05) is 12.4 Å². The Morgan fingerprint density at radius 3 is 2.66 bits per heavy atom. The molecule has 0 spiro atoms. The smallest absolute Gasteiger partial charge is 0.266 e. The summed E-state index contributed by atoms with van der Waals surface area (Å²) in [5.74, 6) is 0.300. The van der Waals surface area contributed by atoms with E-state index < -0.39 is 5.91 Å². The van der Waals surface area contributed by atoms with Crippen molar-refractivity contribution in [3.05, 3.63) is 91.5 Å². The van der Waals surface area contributed by atoms with Gasteiger partial charge < -0.3 is 14.8 Å². The average Bonchev–Trinajstić information content (AvgIpc) is 2.77. The van der Waals surface area contributed by atoms with Crippen LogP contribution in [0.4, 0.5) is 5.69 Å². The zero-order chi connectivity index (χ0) is 23.1. The number of nitrogens with zero attached hydrogens (tertiary/aromatic N) is 1. The molecule has 162 valence electrons. The van der Waals surface area contributed by atoms with Crippen molar-refractivity contribution in [2.24, 2.45) is 0 Å². The highest BCUT2D eigenvalue weighted by Crippen LogP contribution is 2.37. The van der Waals surface area contributed by atoms with Crippen LogP contribution in [0.3, 0.4) is 0 Å². The van der Waals surface area contributed by atoms with Crippen LogP contribution in [0.15, 0.2) is 66.2 Å². The lowest BCUT2D eigenvalue weighted by atomic mass is 10.1. The summed E-state index contributed by atoms with van der Waals surface area (Å²) < 4.78 is 12.3. The predicted molar refractivity (Wildman–Crippen MR) is 135 cm³/mol. The molecular weight excluding hydrogens is 539 g/mol. The number of hydrogen-bond donors (Lipinski definition) is 1. The van der Waals surface area contributed by atoms with Crippen LogP contribution in [0, 0.1) is 21.8 Å². The first-order chi connectivity index (χ1) is 15.4. The Labute approximate surface area is 205 Å². The number of halogens is 2. The number of nitriles is 1. The van der Waals surface area contributed by atoms with Gasteiger partial charge in [-0.3, -0.25) is 4.79 Å². The van der Waals surface area contributed by atoms with Gasteiger partial charge in [0.1, 0.15) is 18.2 Å². The summed E-state index contributed by atoms with van der Waals surface area (Å²) in [6.07, 6.45) is 1.46. The van der Waals surface area contributed by atoms with Crippen LogP contribution < -0.4 is 14.8 Å². The van der Waals surface area contributed by atoms with E-state index in [4.69, 9.17) is 21.1 Å². The van der Waals surface area contributed by atoms with Crippen molar-refractivity contribution < 1.29 is 14.3 Å². The van der Waals surface area contributed by atoms with Gasteiger partial charge >= 0.3 is 0 Å². The Kier molecular flexibility index (Phi) is 8.14. The lowest BCUT2D eigenvalue weighted by Crippen LogP contribution is -2.13. The predicted octanol–water partition coefficient (Wildman–Crippen LogP) is 6.39. The third-order valence-corrected chi connectivity index (χ3v) is 5.60. The SMILES string of the molecule is COc1cc(/C=C(\C#N)C(=O)Nc2cccc(I)c2)cc(Cl)c1OCc1ccccc1C. The second-order valence-electron chi connectivity index (χ2n) is 6.88. The molecule has 0 aliphatic rings. The fourth-order valence-electron chi connectivity index (χ4n) is 2.97. The number of anilines is 1. The number of rotatable bonds is 7. The van der Waals surface area contributed by atoms with Crippen LogP contribution in [0.2, 0.25) is 5.02 Å². The summed E-state index contributed by atoms with van der Waals surface area (Å²) in [5, 5.41) is 12.6. The van der Waals surface area contributed by atoms with Crippen LogP contribution in [-0.4, -0.2) is 13.0 Å². The first kappa shape index (κ1) is 23.6. The normalized spacial score (nSPS) is 10.9. The molecule has 32 heavy (non-hydrogen) atoms. The van der Waals surface area contributed by atoms with Gasteiger partial charge in [-0.05, 0) is 82.6 Å². The van der Waals surface area contributed by atoms with Gasteiger partial charge in [-0.1, -0.05) is 41.9 Å². The van der Waals surface area contributed by atoms with E-state index in [2.05, 4.69) is 27.9 Å². The molecule has 0 aliphatic carbocycles. The zero-order valence-electron chi connectivity index (χ0n) is 17.5. The number of benzene rings is 3. The average molecular weight is 559 g/mol. The second-order valence-corrected chi connectivity index (χ2v) is 8.54. The highest BCUT2D eigenvalue weighted by atomic mass is 127. The number of methoxy groups -OCH3 is 1. The summed E-state index contributed by atoms with van der Waals surface area (Å²) in [4.78, 5) is 12.6. The highest BCUT2D eigenvalue weighted by Gasteiger charge is 2.15. The largest absolute Gasteiger partial charge is 0.493 e. The van der Waals surface area contributed by atoms with Gasteiger partial charge in [0.05, 0.1) is 12.1 Å². The van der Waals surface area contributed by atoms with Crippen LogP contribution in [-0.2, 0) is 11.4 Å². The number of ether oxygens (including phenoxy) is 2. The Hall–Kier alpha value is -3.02. The molecule has 0 unspecified atom stereocenters. The Morgan fingerprint density at radius 1 is 1.19 bits per heavy atom. The van der Waals surface area contributed by atoms with Crippen molar-refractivity contribution in [1.82, 2.24) is 0 Å². The minimum atomic E-state index is -0.510. The molecule has 0 saturated carbocycles. The van der Waals surface area contributed by atoms with E-state index in [0.717, 1.165) is 14.7 Å². The summed E-state index contributed by atoms with van der Waals surface area (Å²) in [6.45, 7) is 2.34. The van der Waals surface area contributed by atoms with E-state index in [0.29, 0.717) is 34.4 Å². The number of amides is 1. The monoisotopic (exact) mass is 558 g/mol. The lowest BCUT2D eigenvalue weighted by Gasteiger charge is -2.14. The molecule has 3 rings (SSSR count). The number of nitrogens with one attached hydrogen (secondary N) is 1. The molecule has 0 saturated heterocycles. The lowest BCUT2D eigenvalue weighted by molar-refractivity contribution is -0.112. The summed E-state index contributed by atoms with van der Waals surface area (Å²) in [7, 11) is 1.51. The fourth-order valence-corrected chi connectivity index (χ4v) is 3.78. The van der Waals surface area contributed by atoms with Gasteiger partial charge in [0.25, 0.3) is 5.91 Å². The Morgan fingerprint density at radius 2 is 1.97 bits per heavy atom. The molecular formula is C25H20ClIN2O3. The Bertz CT molecular complexity index is 1220. The van der Waals surface area contributed by atoms with E-state index in [1.807, 2.05) is 55.5 Å². The summed E-state index contributed by atoms with van der Waals surface area (Å²) in [5.41, 5.74) is 3.24. The fraction of sp³-hybridized carbons (Fsp3) is 0.120. The van der Waals surface area contributed by atoms with Crippen molar-refractivity contribution in [2.45, 2.75) is 13.5 Å². The van der Waals surface area contributed by atoms with Gasteiger partial charge in [0.15, 0.2) is 11.5 Å². The maximum atomic E-state index is 12.6. The molecule has 0 heterocycles. The number of carbonyl (C=O) groups excluding carboxylic acids is 1. The molecule has 3 aromatic carbocycles. The third kappa shape index (κ3) is 6.02. The van der Waals surface area contributed by atoms with Gasteiger partial charge in [-0.15, -0.1) is 0 Å².